The van der Waals surface area contributed by atoms with Crippen molar-refractivity contribution in [2.24, 2.45) is 5.92 Å². The maximum Gasteiger partial charge on any atom is 0.227 e. The van der Waals surface area contributed by atoms with Crippen LogP contribution in [-0.4, -0.2) is 55.1 Å². The van der Waals surface area contributed by atoms with Gasteiger partial charge in [0.1, 0.15) is 30.3 Å². The summed E-state index contributed by atoms with van der Waals surface area (Å²) in [6.07, 6.45) is 3.08. The molecule has 1 aliphatic heterocycles. The van der Waals surface area contributed by atoms with E-state index in [1.165, 1.54) is 6.92 Å². The molecule has 0 atom stereocenters. The molecule has 2 N–H and O–H groups in total. The van der Waals surface area contributed by atoms with E-state index >= 15 is 0 Å². The molecule has 0 radical (unpaired) electrons. The first-order valence-corrected chi connectivity index (χ1v) is 12.0. The van der Waals surface area contributed by atoms with Crippen molar-refractivity contribution in [3.05, 3.63) is 60.9 Å². The Morgan fingerprint density at radius 3 is 2.36 bits per heavy atom. The van der Waals surface area contributed by atoms with E-state index in [9.17, 15) is 9.59 Å². The Bertz CT molecular complexity index is 1160. The summed E-state index contributed by atoms with van der Waals surface area (Å²) in [6.45, 7) is 3.80. The average molecular weight is 490 g/mol. The predicted molar refractivity (Wildman–Crippen MR) is 138 cm³/mol. The van der Waals surface area contributed by atoms with Gasteiger partial charge < -0.3 is 25.0 Å². The number of methoxy groups -OCH3 is 1. The first-order chi connectivity index (χ1) is 17.5. The maximum atomic E-state index is 12.8. The highest BCUT2D eigenvalue weighted by atomic mass is 16.5. The number of nitrogens with one attached hydrogen (secondary N) is 2. The first kappa shape index (κ1) is 25.0. The van der Waals surface area contributed by atoms with Crippen LogP contribution in [0.15, 0.2) is 60.9 Å². The van der Waals surface area contributed by atoms with Crippen molar-refractivity contribution in [1.82, 2.24) is 15.3 Å². The molecule has 9 nitrogen and oxygen atoms in total. The highest BCUT2D eigenvalue weighted by Crippen LogP contribution is 2.27. The van der Waals surface area contributed by atoms with Gasteiger partial charge >= 0.3 is 0 Å². The van der Waals surface area contributed by atoms with Crippen LogP contribution in [0.2, 0.25) is 0 Å². The lowest BCUT2D eigenvalue weighted by atomic mass is 9.95. The molecule has 9 heteroatoms. The predicted octanol–water partition coefficient (Wildman–Crippen LogP) is 3.52. The molecule has 0 spiro atoms. The van der Waals surface area contributed by atoms with Crippen LogP contribution in [0.4, 0.5) is 11.5 Å². The summed E-state index contributed by atoms with van der Waals surface area (Å²) in [5.74, 6) is 2.23. The van der Waals surface area contributed by atoms with Gasteiger partial charge in [-0.3, -0.25) is 9.59 Å². The van der Waals surface area contributed by atoms with Gasteiger partial charge in [0.25, 0.3) is 0 Å². The molecule has 1 fully saturated rings. The molecule has 2 heterocycles. The van der Waals surface area contributed by atoms with Crippen LogP contribution in [-0.2, 0) is 9.59 Å². The number of carbonyl (C=O) groups excluding carboxylic acids is 2. The van der Waals surface area contributed by atoms with Gasteiger partial charge in [-0.25, -0.2) is 9.97 Å². The van der Waals surface area contributed by atoms with Crippen LogP contribution < -0.4 is 25.0 Å². The van der Waals surface area contributed by atoms with E-state index in [2.05, 4.69) is 25.5 Å². The summed E-state index contributed by atoms with van der Waals surface area (Å²) in [5.41, 5.74) is 2.58. The Morgan fingerprint density at radius 1 is 1.00 bits per heavy atom. The van der Waals surface area contributed by atoms with Crippen molar-refractivity contribution in [3.63, 3.8) is 0 Å². The minimum Gasteiger partial charge on any atom is -0.497 e. The minimum atomic E-state index is -0.0853. The Hall–Kier alpha value is -4.14. The Kier molecular flexibility index (Phi) is 8.33. The van der Waals surface area contributed by atoms with Crippen molar-refractivity contribution < 1.29 is 19.1 Å². The maximum absolute atomic E-state index is 12.8. The monoisotopic (exact) mass is 489 g/mol. The van der Waals surface area contributed by atoms with E-state index < -0.39 is 0 Å². The fraction of sp³-hybridized carbons (Fsp3) is 0.333. The number of piperidine rings is 1. The van der Waals surface area contributed by atoms with Gasteiger partial charge in [0.05, 0.1) is 19.3 Å². The van der Waals surface area contributed by atoms with E-state index in [4.69, 9.17) is 9.47 Å². The molecule has 2 aromatic carbocycles. The van der Waals surface area contributed by atoms with Gasteiger partial charge in [-0.05, 0) is 61.4 Å². The highest BCUT2D eigenvalue weighted by Gasteiger charge is 2.26. The number of hydrogen-bond donors (Lipinski definition) is 2. The van der Waals surface area contributed by atoms with E-state index in [1.54, 1.807) is 13.4 Å². The number of anilines is 2. The molecule has 0 unspecified atom stereocenters. The van der Waals surface area contributed by atoms with Crippen LogP contribution in [0, 0.1) is 5.92 Å². The quantitative estimate of drug-likeness (QED) is 0.443. The lowest BCUT2D eigenvalue weighted by Crippen LogP contribution is -2.38. The molecule has 188 valence electrons. The van der Waals surface area contributed by atoms with Crippen LogP contribution in [0.3, 0.4) is 0 Å². The standard InChI is InChI=1S/C27H31N5O4/c1-19(33)28-13-16-36-24-9-5-22(6-10-24)31-27(34)21-11-14-32(15-12-21)26-17-25(29-18-30-26)20-3-7-23(35-2)8-4-20/h3-10,17-18,21H,11-16H2,1-2H3,(H,28,33)(H,31,34). The van der Waals surface area contributed by atoms with Crippen molar-refractivity contribution in [3.8, 4) is 22.8 Å². The summed E-state index contributed by atoms with van der Waals surface area (Å²) < 4.78 is 10.8. The zero-order valence-corrected chi connectivity index (χ0v) is 20.6. The molecular weight excluding hydrogens is 458 g/mol. The topological polar surface area (TPSA) is 106 Å². The average Bonchev–Trinajstić information content (AvgIpc) is 2.92. The third kappa shape index (κ3) is 6.71. The number of carbonyl (C=O) groups is 2. The Labute approximate surface area is 210 Å². The largest absolute Gasteiger partial charge is 0.497 e. The summed E-state index contributed by atoms with van der Waals surface area (Å²) >= 11 is 0. The van der Waals surface area contributed by atoms with Crippen LogP contribution in [0.5, 0.6) is 11.5 Å². The Balaban J connectivity index is 1.27. The molecule has 1 aliphatic rings. The highest BCUT2D eigenvalue weighted by molar-refractivity contribution is 5.92. The Morgan fingerprint density at radius 2 is 1.69 bits per heavy atom. The molecule has 4 rings (SSSR count). The smallest absolute Gasteiger partial charge is 0.227 e. The fourth-order valence-corrected chi connectivity index (χ4v) is 4.09. The van der Waals surface area contributed by atoms with E-state index in [0.29, 0.717) is 18.9 Å². The molecule has 0 aliphatic carbocycles. The van der Waals surface area contributed by atoms with Gasteiger partial charge in [0.2, 0.25) is 11.8 Å². The lowest BCUT2D eigenvalue weighted by molar-refractivity contribution is -0.120. The number of hydrogen-bond acceptors (Lipinski definition) is 7. The van der Waals surface area contributed by atoms with Gasteiger partial charge in [0, 0.05) is 43.2 Å². The molecule has 1 saturated heterocycles. The third-order valence-electron chi connectivity index (χ3n) is 6.09. The van der Waals surface area contributed by atoms with Gasteiger partial charge in [-0.1, -0.05) is 0 Å². The second-order valence-corrected chi connectivity index (χ2v) is 8.60. The summed E-state index contributed by atoms with van der Waals surface area (Å²) in [7, 11) is 1.65. The van der Waals surface area contributed by atoms with E-state index in [-0.39, 0.29) is 17.7 Å². The number of amides is 2. The fourth-order valence-electron chi connectivity index (χ4n) is 4.09. The number of rotatable bonds is 9. The first-order valence-electron chi connectivity index (χ1n) is 12.0. The molecule has 0 bridgehead atoms. The molecule has 2 amide bonds. The minimum absolute atomic E-state index is 0.0237. The molecule has 3 aromatic rings. The molecule has 1 aromatic heterocycles. The zero-order chi connectivity index (χ0) is 25.3. The van der Waals surface area contributed by atoms with Crippen molar-refractivity contribution in [2.75, 3.05) is 43.6 Å². The SMILES string of the molecule is COc1ccc(-c2cc(N3CCC(C(=O)Nc4ccc(OCCNC(C)=O)cc4)CC3)ncn2)cc1. The van der Waals surface area contributed by atoms with E-state index in [0.717, 1.165) is 54.4 Å². The van der Waals surface area contributed by atoms with Crippen LogP contribution in [0.1, 0.15) is 19.8 Å². The number of aromatic nitrogens is 2. The van der Waals surface area contributed by atoms with Gasteiger partial charge in [-0.2, -0.15) is 0 Å². The summed E-state index contributed by atoms with van der Waals surface area (Å²) in [5, 5.41) is 5.69. The van der Waals surface area contributed by atoms with Crippen molar-refractivity contribution in [2.45, 2.75) is 19.8 Å². The van der Waals surface area contributed by atoms with Crippen molar-refractivity contribution in [1.29, 1.82) is 0 Å². The summed E-state index contributed by atoms with van der Waals surface area (Å²) in [6, 6.07) is 17.0. The third-order valence-corrected chi connectivity index (χ3v) is 6.09. The molecule has 36 heavy (non-hydrogen) atoms. The zero-order valence-electron chi connectivity index (χ0n) is 20.6. The second kappa shape index (κ2) is 12.0. The lowest BCUT2D eigenvalue weighted by Gasteiger charge is -2.32. The van der Waals surface area contributed by atoms with Gasteiger partial charge in [0.15, 0.2) is 0 Å². The van der Waals surface area contributed by atoms with E-state index in [1.807, 2.05) is 54.6 Å². The number of ether oxygens (including phenoxy) is 2. The van der Waals surface area contributed by atoms with Gasteiger partial charge in [-0.15, -0.1) is 0 Å². The molecular formula is C27H31N5O4. The van der Waals surface area contributed by atoms with Crippen LogP contribution >= 0.6 is 0 Å². The number of benzene rings is 2. The number of nitrogens with zero attached hydrogens (tertiary/aromatic N) is 3. The summed E-state index contributed by atoms with van der Waals surface area (Å²) in [4.78, 5) is 34.8. The normalized spacial score (nSPS) is 13.7. The van der Waals surface area contributed by atoms with Crippen molar-refractivity contribution >= 4 is 23.3 Å². The second-order valence-electron chi connectivity index (χ2n) is 8.60. The van der Waals surface area contributed by atoms with Crippen LogP contribution in [0.25, 0.3) is 11.3 Å². The molecule has 0 saturated carbocycles.